The highest BCUT2D eigenvalue weighted by molar-refractivity contribution is 5.53. The molecule has 3 rings (SSSR count). The van der Waals surface area contributed by atoms with E-state index in [0.717, 1.165) is 32.6 Å². The summed E-state index contributed by atoms with van der Waals surface area (Å²) in [6, 6.07) is 15.1. The molecule has 1 fully saturated rings. The summed E-state index contributed by atoms with van der Waals surface area (Å²) in [5.41, 5.74) is 2.54. The number of hydrogen-bond acceptors (Lipinski definition) is 5. The van der Waals surface area contributed by atoms with Gasteiger partial charge in [0.05, 0.1) is 21.3 Å². The minimum Gasteiger partial charge on any atom is -0.493 e. The van der Waals surface area contributed by atoms with Gasteiger partial charge in [0.25, 0.3) is 0 Å². The van der Waals surface area contributed by atoms with E-state index >= 15 is 0 Å². The molecule has 1 heterocycles. The SMILES string of the molecule is COc1cc(CCN2CCNC(c3ccccc3)C2)cc(OC)c1OC. The molecule has 1 atom stereocenters. The molecule has 0 saturated carbocycles. The van der Waals surface area contributed by atoms with Gasteiger partial charge >= 0.3 is 0 Å². The third kappa shape index (κ3) is 4.29. The first-order valence-corrected chi connectivity index (χ1v) is 9.04. The van der Waals surface area contributed by atoms with Crippen molar-refractivity contribution in [2.45, 2.75) is 12.5 Å². The molecule has 1 unspecified atom stereocenters. The monoisotopic (exact) mass is 356 g/mol. The molecule has 0 radical (unpaired) electrons. The Morgan fingerprint density at radius 1 is 1.00 bits per heavy atom. The number of nitrogens with one attached hydrogen (secondary N) is 1. The molecule has 2 aromatic rings. The maximum Gasteiger partial charge on any atom is 0.203 e. The molecular weight excluding hydrogens is 328 g/mol. The van der Waals surface area contributed by atoms with Gasteiger partial charge in [-0.25, -0.2) is 0 Å². The Labute approximate surface area is 155 Å². The molecule has 2 aromatic carbocycles. The summed E-state index contributed by atoms with van der Waals surface area (Å²) < 4.78 is 16.3. The number of hydrogen-bond donors (Lipinski definition) is 1. The Balaban J connectivity index is 1.65. The lowest BCUT2D eigenvalue weighted by atomic mass is 10.0. The average molecular weight is 356 g/mol. The van der Waals surface area contributed by atoms with Crippen molar-refractivity contribution in [1.29, 1.82) is 0 Å². The maximum absolute atomic E-state index is 5.46. The van der Waals surface area contributed by atoms with E-state index in [4.69, 9.17) is 14.2 Å². The summed E-state index contributed by atoms with van der Waals surface area (Å²) in [7, 11) is 4.94. The van der Waals surface area contributed by atoms with Crippen LogP contribution in [-0.4, -0.2) is 52.4 Å². The number of piperazine rings is 1. The van der Waals surface area contributed by atoms with Crippen LogP contribution in [0.2, 0.25) is 0 Å². The second-order valence-electron chi connectivity index (χ2n) is 6.50. The van der Waals surface area contributed by atoms with E-state index in [0.29, 0.717) is 23.3 Å². The fourth-order valence-corrected chi connectivity index (χ4v) is 3.49. The first-order valence-electron chi connectivity index (χ1n) is 9.04. The second-order valence-corrected chi connectivity index (χ2v) is 6.50. The van der Waals surface area contributed by atoms with Crippen LogP contribution in [0.4, 0.5) is 0 Å². The summed E-state index contributed by atoms with van der Waals surface area (Å²) >= 11 is 0. The zero-order valence-corrected chi connectivity index (χ0v) is 15.8. The smallest absolute Gasteiger partial charge is 0.203 e. The van der Waals surface area contributed by atoms with Crippen LogP contribution in [-0.2, 0) is 6.42 Å². The molecule has 0 amide bonds. The van der Waals surface area contributed by atoms with Crippen molar-refractivity contribution in [1.82, 2.24) is 10.2 Å². The molecule has 0 aliphatic carbocycles. The molecule has 0 aromatic heterocycles. The number of benzene rings is 2. The highest BCUT2D eigenvalue weighted by Crippen LogP contribution is 2.38. The first kappa shape index (κ1) is 18.5. The lowest BCUT2D eigenvalue weighted by Gasteiger charge is -2.34. The Morgan fingerprint density at radius 3 is 2.31 bits per heavy atom. The predicted octanol–water partition coefficient (Wildman–Crippen LogP) is 2.90. The zero-order chi connectivity index (χ0) is 18.4. The summed E-state index contributed by atoms with van der Waals surface area (Å²) in [6.07, 6.45) is 0.943. The van der Waals surface area contributed by atoms with E-state index in [-0.39, 0.29) is 0 Å². The van der Waals surface area contributed by atoms with Crippen LogP contribution < -0.4 is 19.5 Å². The van der Waals surface area contributed by atoms with Crippen molar-refractivity contribution in [3.63, 3.8) is 0 Å². The minimum atomic E-state index is 0.393. The summed E-state index contributed by atoms with van der Waals surface area (Å²) in [5, 5.41) is 3.62. The Kier molecular flexibility index (Phi) is 6.36. The third-order valence-electron chi connectivity index (χ3n) is 4.90. The largest absolute Gasteiger partial charge is 0.493 e. The quantitative estimate of drug-likeness (QED) is 0.826. The average Bonchev–Trinajstić information content (AvgIpc) is 2.72. The van der Waals surface area contributed by atoms with Crippen molar-refractivity contribution < 1.29 is 14.2 Å². The van der Waals surface area contributed by atoms with E-state index < -0.39 is 0 Å². The highest BCUT2D eigenvalue weighted by atomic mass is 16.5. The fourth-order valence-electron chi connectivity index (χ4n) is 3.49. The topological polar surface area (TPSA) is 43.0 Å². The lowest BCUT2D eigenvalue weighted by molar-refractivity contribution is 0.203. The van der Waals surface area contributed by atoms with E-state index in [1.54, 1.807) is 21.3 Å². The Hall–Kier alpha value is -2.24. The normalized spacial score (nSPS) is 17.7. The second kappa shape index (κ2) is 8.92. The molecule has 1 aliphatic rings. The van der Waals surface area contributed by atoms with E-state index in [1.165, 1.54) is 11.1 Å². The number of ether oxygens (including phenoxy) is 3. The number of rotatable bonds is 7. The minimum absolute atomic E-state index is 0.393. The Bertz CT molecular complexity index is 681. The van der Waals surface area contributed by atoms with Crippen LogP contribution in [0.3, 0.4) is 0 Å². The molecule has 0 spiro atoms. The molecule has 5 heteroatoms. The van der Waals surface area contributed by atoms with E-state index in [9.17, 15) is 0 Å². The summed E-state index contributed by atoms with van der Waals surface area (Å²) in [6.45, 7) is 4.10. The van der Waals surface area contributed by atoms with Gasteiger partial charge in [-0.2, -0.15) is 0 Å². The van der Waals surface area contributed by atoms with E-state index in [2.05, 4.69) is 40.5 Å². The van der Waals surface area contributed by atoms with Gasteiger partial charge in [0, 0.05) is 32.2 Å². The van der Waals surface area contributed by atoms with Gasteiger partial charge in [-0.15, -0.1) is 0 Å². The van der Waals surface area contributed by atoms with Crippen molar-refractivity contribution in [3.8, 4) is 17.2 Å². The van der Waals surface area contributed by atoms with Crippen molar-refractivity contribution in [2.75, 3.05) is 47.5 Å². The molecule has 1 saturated heterocycles. The van der Waals surface area contributed by atoms with Gasteiger partial charge < -0.3 is 19.5 Å². The zero-order valence-electron chi connectivity index (χ0n) is 15.8. The Morgan fingerprint density at radius 2 is 1.69 bits per heavy atom. The molecule has 1 aliphatic heterocycles. The van der Waals surface area contributed by atoms with Gasteiger partial charge in [-0.1, -0.05) is 30.3 Å². The highest BCUT2D eigenvalue weighted by Gasteiger charge is 2.20. The number of methoxy groups -OCH3 is 3. The summed E-state index contributed by atoms with van der Waals surface area (Å²) in [5.74, 6) is 2.07. The summed E-state index contributed by atoms with van der Waals surface area (Å²) in [4.78, 5) is 2.51. The predicted molar refractivity (Wildman–Crippen MR) is 103 cm³/mol. The van der Waals surface area contributed by atoms with Crippen LogP contribution >= 0.6 is 0 Å². The molecule has 140 valence electrons. The molecule has 5 nitrogen and oxygen atoms in total. The molecule has 0 bridgehead atoms. The van der Waals surface area contributed by atoms with Gasteiger partial charge in [0.15, 0.2) is 11.5 Å². The maximum atomic E-state index is 5.46. The first-order chi connectivity index (χ1) is 12.7. The van der Waals surface area contributed by atoms with Gasteiger partial charge in [-0.3, -0.25) is 4.90 Å². The standard InChI is InChI=1S/C21H28N2O3/c1-24-19-13-16(14-20(25-2)21(19)26-3)9-11-23-12-10-22-18(15-23)17-7-5-4-6-8-17/h4-8,13-14,18,22H,9-12,15H2,1-3H3. The molecule has 26 heavy (non-hydrogen) atoms. The van der Waals surface area contributed by atoms with Gasteiger partial charge in [-0.05, 0) is 29.7 Å². The third-order valence-corrected chi connectivity index (χ3v) is 4.90. The van der Waals surface area contributed by atoms with Gasteiger partial charge in [0.1, 0.15) is 0 Å². The molecule has 1 N–H and O–H groups in total. The van der Waals surface area contributed by atoms with Crippen molar-refractivity contribution in [2.24, 2.45) is 0 Å². The van der Waals surface area contributed by atoms with Crippen LogP contribution in [0, 0.1) is 0 Å². The fraction of sp³-hybridized carbons (Fsp3) is 0.429. The van der Waals surface area contributed by atoms with Crippen LogP contribution in [0.25, 0.3) is 0 Å². The van der Waals surface area contributed by atoms with Crippen molar-refractivity contribution in [3.05, 3.63) is 53.6 Å². The molecular formula is C21H28N2O3. The lowest BCUT2D eigenvalue weighted by Crippen LogP contribution is -2.46. The van der Waals surface area contributed by atoms with Crippen LogP contribution in [0.15, 0.2) is 42.5 Å². The van der Waals surface area contributed by atoms with E-state index in [1.807, 2.05) is 12.1 Å². The number of nitrogens with zero attached hydrogens (tertiary/aromatic N) is 1. The van der Waals surface area contributed by atoms with Crippen LogP contribution in [0.5, 0.6) is 17.2 Å². The van der Waals surface area contributed by atoms with Crippen molar-refractivity contribution >= 4 is 0 Å². The van der Waals surface area contributed by atoms with Gasteiger partial charge in [0.2, 0.25) is 5.75 Å². The van der Waals surface area contributed by atoms with Crippen LogP contribution in [0.1, 0.15) is 17.2 Å².